The van der Waals surface area contributed by atoms with E-state index in [1.165, 1.54) is 5.56 Å². The molecule has 0 aliphatic heterocycles. The predicted molar refractivity (Wildman–Crippen MR) is 79.0 cm³/mol. The molecular weight excluding hydrogens is 220 g/mol. The minimum absolute atomic E-state index is 0.0826. The normalized spacial score (nSPS) is 12.1. The first-order chi connectivity index (χ1) is 8.36. The number of aromatic nitrogens is 1. The lowest BCUT2D eigenvalue weighted by molar-refractivity contribution is 0.594. The van der Waals surface area contributed by atoms with E-state index in [4.69, 9.17) is 10.7 Å². The number of anilines is 1. The number of hydrogen-bond donors (Lipinski definition) is 1. The first-order valence-corrected chi connectivity index (χ1v) is 6.54. The molecule has 0 radical (unpaired) electrons. The molecule has 0 fully saturated rings. The Labute approximate surface area is 109 Å². The second-order valence-corrected chi connectivity index (χ2v) is 5.90. The number of nitrogen functional groups attached to an aromatic ring is 1. The van der Waals surface area contributed by atoms with Gasteiger partial charge in [0.1, 0.15) is 0 Å². The second-order valence-electron chi connectivity index (χ2n) is 5.90. The maximum atomic E-state index is 6.27. The summed E-state index contributed by atoms with van der Waals surface area (Å²) in [5, 5.41) is 1.08. The molecule has 0 saturated heterocycles. The monoisotopic (exact) mass is 242 g/mol. The van der Waals surface area contributed by atoms with Crippen molar-refractivity contribution in [2.75, 3.05) is 5.73 Å². The summed E-state index contributed by atoms with van der Waals surface area (Å²) in [6.07, 6.45) is 0.921. The summed E-state index contributed by atoms with van der Waals surface area (Å²) in [5.74, 6) is 0. The van der Waals surface area contributed by atoms with Gasteiger partial charge in [-0.2, -0.15) is 0 Å². The van der Waals surface area contributed by atoms with Crippen molar-refractivity contribution in [2.45, 2.75) is 46.5 Å². The molecule has 0 saturated carbocycles. The molecule has 2 heteroatoms. The largest absolute Gasteiger partial charge is 0.398 e. The Balaban J connectivity index is 2.89. The smallest absolute Gasteiger partial charge is 0.0763 e. The third-order valence-electron chi connectivity index (χ3n) is 3.55. The number of hydrogen-bond acceptors (Lipinski definition) is 2. The van der Waals surface area contributed by atoms with Crippen LogP contribution in [0.4, 0.5) is 5.69 Å². The number of aryl methyl sites for hydroxylation is 1. The van der Waals surface area contributed by atoms with Crippen LogP contribution in [0.25, 0.3) is 10.9 Å². The van der Waals surface area contributed by atoms with Gasteiger partial charge in [0.15, 0.2) is 0 Å². The Kier molecular flexibility index (Phi) is 3.05. The van der Waals surface area contributed by atoms with Crippen LogP contribution < -0.4 is 5.73 Å². The number of para-hydroxylation sites is 1. The van der Waals surface area contributed by atoms with Crippen molar-refractivity contribution in [1.82, 2.24) is 4.98 Å². The summed E-state index contributed by atoms with van der Waals surface area (Å²) >= 11 is 0. The number of benzene rings is 1. The van der Waals surface area contributed by atoms with Crippen LogP contribution in [0.2, 0.25) is 0 Å². The van der Waals surface area contributed by atoms with Gasteiger partial charge < -0.3 is 5.73 Å². The number of nitrogens with zero attached hydrogens (tertiary/aromatic N) is 1. The zero-order valence-electron chi connectivity index (χ0n) is 12.0. The van der Waals surface area contributed by atoms with E-state index >= 15 is 0 Å². The van der Waals surface area contributed by atoms with Crippen molar-refractivity contribution >= 4 is 16.6 Å². The standard InChI is InChI=1S/C16H22N2/c1-6-13-10(2)14(17)11-8-7-9-12(15(11)18-13)16(3,4)5/h7-9H,6H2,1-5H3,(H2,17,18). The molecule has 0 unspecified atom stereocenters. The minimum atomic E-state index is 0.0826. The van der Waals surface area contributed by atoms with Gasteiger partial charge in [0.2, 0.25) is 0 Å². The van der Waals surface area contributed by atoms with Crippen LogP contribution in [0.5, 0.6) is 0 Å². The van der Waals surface area contributed by atoms with Gasteiger partial charge in [-0.25, -0.2) is 0 Å². The number of nitrogens with two attached hydrogens (primary N) is 1. The topological polar surface area (TPSA) is 38.9 Å². The summed E-state index contributed by atoms with van der Waals surface area (Å²) < 4.78 is 0. The van der Waals surface area contributed by atoms with Crippen LogP contribution in [-0.2, 0) is 11.8 Å². The fourth-order valence-electron chi connectivity index (χ4n) is 2.41. The van der Waals surface area contributed by atoms with Gasteiger partial charge in [0.05, 0.1) is 5.52 Å². The summed E-state index contributed by atoms with van der Waals surface area (Å²) in [5.41, 5.74) is 11.8. The van der Waals surface area contributed by atoms with Crippen molar-refractivity contribution in [3.8, 4) is 0 Å². The lowest BCUT2D eigenvalue weighted by atomic mass is 9.85. The molecular formula is C16H22N2. The Morgan fingerprint density at radius 2 is 1.89 bits per heavy atom. The summed E-state index contributed by atoms with van der Waals surface area (Å²) in [6.45, 7) is 10.8. The van der Waals surface area contributed by atoms with Gasteiger partial charge in [-0.3, -0.25) is 4.98 Å². The maximum absolute atomic E-state index is 6.27. The van der Waals surface area contributed by atoms with Crippen LogP contribution in [0.1, 0.15) is 44.5 Å². The average Bonchev–Trinajstić information content (AvgIpc) is 2.31. The molecule has 0 bridgehead atoms. The highest BCUT2D eigenvalue weighted by molar-refractivity contribution is 5.94. The Morgan fingerprint density at radius 3 is 2.44 bits per heavy atom. The van der Waals surface area contributed by atoms with Crippen molar-refractivity contribution in [1.29, 1.82) is 0 Å². The van der Waals surface area contributed by atoms with E-state index in [0.717, 1.165) is 34.3 Å². The van der Waals surface area contributed by atoms with E-state index in [1.54, 1.807) is 0 Å². The summed E-state index contributed by atoms with van der Waals surface area (Å²) in [7, 11) is 0. The Bertz CT molecular complexity index is 592. The fraction of sp³-hybridized carbons (Fsp3) is 0.438. The number of rotatable bonds is 1. The fourth-order valence-corrected chi connectivity index (χ4v) is 2.41. The molecule has 18 heavy (non-hydrogen) atoms. The quantitative estimate of drug-likeness (QED) is 0.821. The molecule has 2 N–H and O–H groups in total. The Morgan fingerprint density at radius 1 is 1.22 bits per heavy atom. The number of fused-ring (bicyclic) bond motifs is 1. The molecule has 2 aromatic rings. The molecule has 0 spiro atoms. The van der Waals surface area contributed by atoms with E-state index < -0.39 is 0 Å². The van der Waals surface area contributed by atoms with Crippen molar-refractivity contribution in [3.05, 3.63) is 35.0 Å². The van der Waals surface area contributed by atoms with Crippen LogP contribution >= 0.6 is 0 Å². The Hall–Kier alpha value is -1.57. The highest BCUT2D eigenvalue weighted by Gasteiger charge is 2.19. The van der Waals surface area contributed by atoms with Crippen LogP contribution in [0.3, 0.4) is 0 Å². The molecule has 1 aromatic heterocycles. The summed E-state index contributed by atoms with van der Waals surface area (Å²) in [6, 6.07) is 6.30. The molecule has 96 valence electrons. The van der Waals surface area contributed by atoms with Crippen LogP contribution in [-0.4, -0.2) is 4.98 Å². The van der Waals surface area contributed by atoms with Gasteiger partial charge in [-0.15, -0.1) is 0 Å². The second kappa shape index (κ2) is 4.27. The molecule has 0 amide bonds. The van der Waals surface area contributed by atoms with Gasteiger partial charge in [-0.1, -0.05) is 45.9 Å². The third kappa shape index (κ3) is 1.96. The number of pyridine rings is 1. The van der Waals surface area contributed by atoms with Crippen molar-refractivity contribution in [3.63, 3.8) is 0 Å². The minimum Gasteiger partial charge on any atom is -0.398 e. The molecule has 2 rings (SSSR count). The zero-order valence-corrected chi connectivity index (χ0v) is 12.0. The van der Waals surface area contributed by atoms with Gasteiger partial charge in [0.25, 0.3) is 0 Å². The first kappa shape index (κ1) is 12.9. The first-order valence-electron chi connectivity index (χ1n) is 6.54. The predicted octanol–water partition coefficient (Wildman–Crippen LogP) is 3.99. The van der Waals surface area contributed by atoms with Crippen LogP contribution in [0.15, 0.2) is 18.2 Å². The van der Waals surface area contributed by atoms with E-state index in [0.29, 0.717) is 0 Å². The highest BCUT2D eigenvalue weighted by Crippen LogP contribution is 2.33. The van der Waals surface area contributed by atoms with Crippen molar-refractivity contribution in [2.24, 2.45) is 0 Å². The third-order valence-corrected chi connectivity index (χ3v) is 3.55. The average molecular weight is 242 g/mol. The van der Waals surface area contributed by atoms with Crippen molar-refractivity contribution < 1.29 is 0 Å². The SMILES string of the molecule is CCc1nc2c(C(C)(C)C)cccc2c(N)c1C. The van der Waals surface area contributed by atoms with E-state index in [-0.39, 0.29) is 5.41 Å². The van der Waals surface area contributed by atoms with E-state index in [2.05, 4.69) is 52.8 Å². The van der Waals surface area contributed by atoms with E-state index in [1.807, 2.05) is 0 Å². The molecule has 1 heterocycles. The highest BCUT2D eigenvalue weighted by atomic mass is 14.7. The maximum Gasteiger partial charge on any atom is 0.0763 e. The molecule has 1 aromatic carbocycles. The van der Waals surface area contributed by atoms with Crippen LogP contribution in [0, 0.1) is 6.92 Å². The molecule has 0 atom stereocenters. The van der Waals surface area contributed by atoms with E-state index in [9.17, 15) is 0 Å². The van der Waals surface area contributed by atoms with Gasteiger partial charge in [-0.05, 0) is 29.9 Å². The lowest BCUT2D eigenvalue weighted by Crippen LogP contribution is -2.13. The lowest BCUT2D eigenvalue weighted by Gasteiger charge is -2.22. The molecule has 0 aliphatic carbocycles. The van der Waals surface area contributed by atoms with Gasteiger partial charge in [0, 0.05) is 16.8 Å². The summed E-state index contributed by atoms with van der Waals surface area (Å²) in [4.78, 5) is 4.84. The molecule has 2 nitrogen and oxygen atoms in total. The van der Waals surface area contributed by atoms with Gasteiger partial charge >= 0.3 is 0 Å². The molecule has 0 aliphatic rings. The zero-order chi connectivity index (χ0) is 13.5.